The van der Waals surface area contributed by atoms with E-state index in [0.29, 0.717) is 12.0 Å². The molecule has 118 valence electrons. The molecule has 0 saturated heterocycles. The van der Waals surface area contributed by atoms with Crippen molar-refractivity contribution in [3.05, 3.63) is 30.1 Å². The van der Waals surface area contributed by atoms with Crippen LogP contribution in [0, 0.1) is 17.7 Å². The number of hydrogen-bond acceptors (Lipinski definition) is 2. The lowest BCUT2D eigenvalue weighted by Gasteiger charge is -2.39. The van der Waals surface area contributed by atoms with Gasteiger partial charge >= 0.3 is 0 Å². The smallest absolute Gasteiger partial charge is 0.123 e. The van der Waals surface area contributed by atoms with E-state index in [-0.39, 0.29) is 5.82 Å². The maximum atomic E-state index is 13.1. The van der Waals surface area contributed by atoms with Crippen molar-refractivity contribution in [1.82, 2.24) is 5.32 Å². The van der Waals surface area contributed by atoms with Gasteiger partial charge in [0.15, 0.2) is 0 Å². The van der Waals surface area contributed by atoms with E-state index in [4.69, 9.17) is 0 Å². The molecule has 0 amide bonds. The molecule has 0 bridgehead atoms. The van der Waals surface area contributed by atoms with E-state index in [1.54, 1.807) is 12.1 Å². The molecule has 3 unspecified atom stereocenters. The van der Waals surface area contributed by atoms with Crippen LogP contribution in [0.4, 0.5) is 10.1 Å². The van der Waals surface area contributed by atoms with Crippen molar-refractivity contribution in [2.45, 2.75) is 45.6 Å². The Morgan fingerprint density at radius 1 is 1.19 bits per heavy atom. The molecule has 2 nitrogen and oxygen atoms in total. The summed E-state index contributed by atoms with van der Waals surface area (Å²) in [5, 5.41) is 3.50. The van der Waals surface area contributed by atoms with Crippen LogP contribution in [0.3, 0.4) is 0 Å². The normalized spacial score (nSPS) is 25.8. The molecule has 21 heavy (non-hydrogen) atoms. The van der Waals surface area contributed by atoms with Crippen molar-refractivity contribution < 1.29 is 4.39 Å². The average molecular weight is 292 g/mol. The molecular weight excluding hydrogens is 263 g/mol. The third kappa shape index (κ3) is 4.19. The van der Waals surface area contributed by atoms with Crippen LogP contribution in [0.2, 0.25) is 0 Å². The topological polar surface area (TPSA) is 15.3 Å². The molecule has 0 heterocycles. The molecular formula is C18H29FN2. The number of nitrogens with zero attached hydrogens (tertiary/aromatic N) is 1. The molecule has 2 rings (SSSR count). The fourth-order valence-electron chi connectivity index (χ4n) is 3.67. The van der Waals surface area contributed by atoms with E-state index in [9.17, 15) is 4.39 Å². The van der Waals surface area contributed by atoms with E-state index >= 15 is 0 Å². The van der Waals surface area contributed by atoms with Crippen molar-refractivity contribution in [3.8, 4) is 0 Å². The van der Waals surface area contributed by atoms with Gasteiger partial charge in [0.2, 0.25) is 0 Å². The molecule has 0 aliphatic heterocycles. The standard InChI is InChI=1S/C18H29FN2/c1-4-14-6-11-18(20-3)15(12-14)13-21(5-2)17-9-7-16(19)8-10-17/h7-10,14-15,18,20H,4-6,11-13H2,1-3H3. The van der Waals surface area contributed by atoms with Crippen LogP contribution in [-0.4, -0.2) is 26.2 Å². The van der Waals surface area contributed by atoms with Crippen LogP contribution in [0.25, 0.3) is 0 Å². The number of benzene rings is 1. The van der Waals surface area contributed by atoms with Gasteiger partial charge in [-0.2, -0.15) is 0 Å². The zero-order valence-electron chi connectivity index (χ0n) is 13.6. The second-order valence-corrected chi connectivity index (χ2v) is 6.26. The van der Waals surface area contributed by atoms with Crippen LogP contribution in [0.5, 0.6) is 0 Å². The Morgan fingerprint density at radius 3 is 2.48 bits per heavy atom. The van der Waals surface area contributed by atoms with Crippen molar-refractivity contribution in [2.75, 3.05) is 25.0 Å². The monoisotopic (exact) mass is 292 g/mol. The van der Waals surface area contributed by atoms with Gasteiger partial charge in [0.05, 0.1) is 0 Å². The zero-order chi connectivity index (χ0) is 15.2. The number of hydrogen-bond donors (Lipinski definition) is 1. The Morgan fingerprint density at radius 2 is 1.90 bits per heavy atom. The van der Waals surface area contributed by atoms with Crippen LogP contribution >= 0.6 is 0 Å². The molecule has 1 fully saturated rings. The maximum absolute atomic E-state index is 13.1. The molecule has 1 aromatic carbocycles. The highest BCUT2D eigenvalue weighted by molar-refractivity contribution is 5.46. The maximum Gasteiger partial charge on any atom is 0.123 e. The number of anilines is 1. The summed E-state index contributed by atoms with van der Waals surface area (Å²) in [5.74, 6) is 1.39. The van der Waals surface area contributed by atoms with Gasteiger partial charge < -0.3 is 10.2 Å². The molecule has 1 saturated carbocycles. The van der Waals surface area contributed by atoms with Crippen LogP contribution < -0.4 is 10.2 Å². The number of nitrogens with one attached hydrogen (secondary N) is 1. The minimum atomic E-state index is -0.161. The first-order valence-electron chi connectivity index (χ1n) is 8.35. The van der Waals surface area contributed by atoms with Gasteiger partial charge in [-0.05, 0) is 69.3 Å². The predicted octanol–water partition coefficient (Wildman–Crippen LogP) is 4.07. The molecule has 1 aromatic rings. The van der Waals surface area contributed by atoms with E-state index in [2.05, 4.69) is 31.1 Å². The second-order valence-electron chi connectivity index (χ2n) is 6.26. The van der Waals surface area contributed by atoms with Gasteiger partial charge in [-0.3, -0.25) is 0 Å². The number of rotatable bonds is 6. The molecule has 3 heteroatoms. The molecule has 0 spiro atoms. The van der Waals surface area contributed by atoms with Crippen molar-refractivity contribution in [1.29, 1.82) is 0 Å². The third-order valence-electron chi connectivity index (χ3n) is 5.07. The van der Waals surface area contributed by atoms with Gasteiger partial charge in [-0.15, -0.1) is 0 Å². The highest BCUT2D eigenvalue weighted by Crippen LogP contribution is 2.32. The predicted molar refractivity (Wildman–Crippen MR) is 88.3 cm³/mol. The van der Waals surface area contributed by atoms with E-state index in [1.165, 1.54) is 25.7 Å². The Bertz CT molecular complexity index is 418. The minimum Gasteiger partial charge on any atom is -0.371 e. The van der Waals surface area contributed by atoms with Crippen LogP contribution in [-0.2, 0) is 0 Å². The van der Waals surface area contributed by atoms with E-state index in [1.807, 2.05) is 12.1 Å². The molecule has 1 aliphatic carbocycles. The SMILES string of the molecule is CCC1CCC(NC)C(CN(CC)c2ccc(F)cc2)C1. The highest BCUT2D eigenvalue weighted by Gasteiger charge is 2.29. The van der Waals surface area contributed by atoms with Gasteiger partial charge in [0.25, 0.3) is 0 Å². The molecule has 1 N–H and O–H groups in total. The summed E-state index contributed by atoms with van der Waals surface area (Å²) in [7, 11) is 2.08. The van der Waals surface area contributed by atoms with Crippen molar-refractivity contribution in [3.63, 3.8) is 0 Å². The summed E-state index contributed by atoms with van der Waals surface area (Å²) in [6, 6.07) is 7.52. The highest BCUT2D eigenvalue weighted by atomic mass is 19.1. The summed E-state index contributed by atoms with van der Waals surface area (Å²) < 4.78 is 13.1. The molecule has 0 radical (unpaired) electrons. The Hall–Kier alpha value is -1.09. The Labute approximate surface area is 128 Å². The van der Waals surface area contributed by atoms with E-state index in [0.717, 1.165) is 24.7 Å². The Kier molecular flexibility index (Phi) is 6.04. The van der Waals surface area contributed by atoms with Gasteiger partial charge in [0.1, 0.15) is 5.82 Å². The molecule has 3 atom stereocenters. The summed E-state index contributed by atoms with van der Waals surface area (Å²) >= 11 is 0. The van der Waals surface area contributed by atoms with Crippen LogP contribution in [0.15, 0.2) is 24.3 Å². The largest absolute Gasteiger partial charge is 0.371 e. The second kappa shape index (κ2) is 7.79. The zero-order valence-corrected chi connectivity index (χ0v) is 13.6. The fraction of sp³-hybridized carbons (Fsp3) is 0.667. The summed E-state index contributed by atoms with van der Waals surface area (Å²) in [6.45, 7) is 6.51. The van der Waals surface area contributed by atoms with Gasteiger partial charge in [-0.1, -0.05) is 13.3 Å². The fourth-order valence-corrected chi connectivity index (χ4v) is 3.67. The van der Waals surface area contributed by atoms with Gasteiger partial charge in [0, 0.05) is 24.8 Å². The summed E-state index contributed by atoms with van der Waals surface area (Å²) in [6.07, 6.45) is 5.22. The van der Waals surface area contributed by atoms with E-state index < -0.39 is 0 Å². The first-order chi connectivity index (χ1) is 10.2. The molecule has 0 aromatic heterocycles. The lowest BCUT2D eigenvalue weighted by molar-refractivity contribution is 0.209. The summed E-state index contributed by atoms with van der Waals surface area (Å²) in [5.41, 5.74) is 1.13. The lowest BCUT2D eigenvalue weighted by atomic mass is 9.76. The molecule has 1 aliphatic rings. The summed E-state index contributed by atoms with van der Waals surface area (Å²) in [4.78, 5) is 2.38. The quantitative estimate of drug-likeness (QED) is 0.850. The average Bonchev–Trinajstić information content (AvgIpc) is 2.53. The Balaban J connectivity index is 2.06. The third-order valence-corrected chi connectivity index (χ3v) is 5.07. The number of halogens is 1. The minimum absolute atomic E-state index is 0.161. The first-order valence-corrected chi connectivity index (χ1v) is 8.35. The van der Waals surface area contributed by atoms with Gasteiger partial charge in [-0.25, -0.2) is 4.39 Å². The first kappa shape index (κ1) is 16.3. The lowest BCUT2D eigenvalue weighted by Crippen LogP contribution is -2.44. The van der Waals surface area contributed by atoms with Crippen molar-refractivity contribution in [2.24, 2.45) is 11.8 Å². The van der Waals surface area contributed by atoms with Crippen LogP contribution in [0.1, 0.15) is 39.5 Å². The van der Waals surface area contributed by atoms with Crippen molar-refractivity contribution >= 4 is 5.69 Å².